The first-order valence-electron chi connectivity index (χ1n) is 6.86. The molecule has 0 aliphatic rings. The van der Waals surface area contributed by atoms with Crippen molar-refractivity contribution in [3.05, 3.63) is 35.3 Å². The molecular formula is C14H19N5O2. The summed E-state index contributed by atoms with van der Waals surface area (Å²) in [6.07, 6.45) is 4.04. The Balaban J connectivity index is 2.34. The van der Waals surface area contributed by atoms with Crippen molar-refractivity contribution < 1.29 is 9.53 Å². The largest absolute Gasteiger partial charge is 0.461 e. The van der Waals surface area contributed by atoms with Crippen molar-refractivity contribution in [3.63, 3.8) is 0 Å². The summed E-state index contributed by atoms with van der Waals surface area (Å²) in [5, 5.41) is 0. The standard InChI is InChI=1S/C14H19N5O2/c1-4-11-18-12(14(20)21-5-2)13(15)19(11)8-10-7-16-9(3)6-17-10/h6-7H,4-5,8,15H2,1-3H3. The summed E-state index contributed by atoms with van der Waals surface area (Å²) in [6.45, 7) is 6.28. The Labute approximate surface area is 123 Å². The first-order valence-corrected chi connectivity index (χ1v) is 6.86. The summed E-state index contributed by atoms with van der Waals surface area (Å²) in [5.41, 5.74) is 7.81. The number of rotatable bonds is 5. The highest BCUT2D eigenvalue weighted by Crippen LogP contribution is 2.17. The van der Waals surface area contributed by atoms with Crippen LogP contribution in [0.2, 0.25) is 0 Å². The topological polar surface area (TPSA) is 95.9 Å². The molecule has 0 fully saturated rings. The molecule has 7 heteroatoms. The van der Waals surface area contributed by atoms with Crippen LogP contribution in [0.1, 0.15) is 41.5 Å². The van der Waals surface area contributed by atoms with E-state index >= 15 is 0 Å². The fourth-order valence-electron chi connectivity index (χ4n) is 1.97. The van der Waals surface area contributed by atoms with Crippen molar-refractivity contribution in [1.82, 2.24) is 19.5 Å². The molecule has 0 aromatic carbocycles. The lowest BCUT2D eigenvalue weighted by Crippen LogP contribution is -2.12. The van der Waals surface area contributed by atoms with Crippen LogP contribution >= 0.6 is 0 Å². The zero-order chi connectivity index (χ0) is 15.4. The number of aromatic nitrogens is 4. The van der Waals surface area contributed by atoms with Gasteiger partial charge in [0.15, 0.2) is 5.69 Å². The first-order chi connectivity index (χ1) is 10.1. The van der Waals surface area contributed by atoms with Gasteiger partial charge in [0.2, 0.25) is 0 Å². The second-order valence-electron chi connectivity index (χ2n) is 4.57. The number of carbonyl (C=O) groups excluding carboxylic acids is 1. The third-order valence-corrected chi connectivity index (χ3v) is 3.03. The quantitative estimate of drug-likeness (QED) is 0.835. The van der Waals surface area contributed by atoms with Crippen LogP contribution in [0, 0.1) is 6.92 Å². The molecular weight excluding hydrogens is 270 g/mol. The predicted octanol–water partition coefficient (Wildman–Crippen LogP) is 1.35. The molecule has 2 aromatic heterocycles. The van der Waals surface area contributed by atoms with Gasteiger partial charge in [0, 0.05) is 12.6 Å². The Morgan fingerprint density at radius 3 is 2.67 bits per heavy atom. The lowest BCUT2D eigenvalue weighted by atomic mass is 10.3. The highest BCUT2D eigenvalue weighted by Gasteiger charge is 2.21. The smallest absolute Gasteiger partial charge is 0.360 e. The number of aryl methyl sites for hydroxylation is 2. The SMILES string of the molecule is CCOC(=O)c1nc(CC)n(Cc2cnc(C)cn2)c1N. The zero-order valence-corrected chi connectivity index (χ0v) is 12.5. The molecule has 21 heavy (non-hydrogen) atoms. The third-order valence-electron chi connectivity index (χ3n) is 3.03. The molecule has 0 atom stereocenters. The molecule has 2 aromatic rings. The number of carbonyl (C=O) groups is 1. The molecule has 2 rings (SSSR count). The summed E-state index contributed by atoms with van der Waals surface area (Å²) in [7, 11) is 0. The summed E-state index contributed by atoms with van der Waals surface area (Å²) in [5.74, 6) is 0.518. The van der Waals surface area contributed by atoms with Gasteiger partial charge in [0.25, 0.3) is 0 Å². The maximum atomic E-state index is 11.8. The Kier molecular flexibility index (Phi) is 4.52. The molecule has 7 nitrogen and oxygen atoms in total. The van der Waals surface area contributed by atoms with Gasteiger partial charge in [-0.1, -0.05) is 6.92 Å². The number of imidazole rings is 1. The summed E-state index contributed by atoms with van der Waals surface area (Å²) in [4.78, 5) is 24.6. The van der Waals surface area contributed by atoms with Gasteiger partial charge in [-0.25, -0.2) is 9.78 Å². The van der Waals surface area contributed by atoms with Crippen molar-refractivity contribution in [1.29, 1.82) is 0 Å². The van der Waals surface area contributed by atoms with Crippen LogP contribution in [-0.4, -0.2) is 32.1 Å². The van der Waals surface area contributed by atoms with Crippen molar-refractivity contribution in [2.45, 2.75) is 33.7 Å². The number of anilines is 1. The van der Waals surface area contributed by atoms with Gasteiger partial charge in [-0.05, 0) is 13.8 Å². The van der Waals surface area contributed by atoms with E-state index in [1.54, 1.807) is 23.9 Å². The molecule has 0 bridgehead atoms. The van der Waals surface area contributed by atoms with E-state index in [0.29, 0.717) is 18.8 Å². The highest BCUT2D eigenvalue weighted by molar-refractivity contribution is 5.92. The second-order valence-corrected chi connectivity index (χ2v) is 4.57. The Hall–Kier alpha value is -2.44. The molecule has 0 saturated carbocycles. The zero-order valence-electron chi connectivity index (χ0n) is 12.5. The van der Waals surface area contributed by atoms with E-state index in [0.717, 1.165) is 17.2 Å². The lowest BCUT2D eigenvalue weighted by molar-refractivity contribution is 0.0521. The lowest BCUT2D eigenvalue weighted by Gasteiger charge is -2.08. The number of ether oxygens (including phenoxy) is 1. The van der Waals surface area contributed by atoms with Crippen LogP contribution in [0.3, 0.4) is 0 Å². The van der Waals surface area contributed by atoms with Gasteiger partial charge in [-0.15, -0.1) is 0 Å². The molecule has 0 saturated heterocycles. The minimum atomic E-state index is -0.501. The molecule has 0 spiro atoms. The summed E-state index contributed by atoms with van der Waals surface area (Å²) < 4.78 is 6.73. The number of nitrogens with zero attached hydrogens (tertiary/aromatic N) is 4. The molecule has 0 unspecified atom stereocenters. The molecule has 0 aliphatic carbocycles. The predicted molar refractivity (Wildman–Crippen MR) is 77.8 cm³/mol. The third kappa shape index (κ3) is 3.18. The second kappa shape index (κ2) is 6.34. The maximum absolute atomic E-state index is 11.8. The van der Waals surface area contributed by atoms with Crippen LogP contribution in [0.5, 0.6) is 0 Å². The van der Waals surface area contributed by atoms with Gasteiger partial charge >= 0.3 is 5.97 Å². The minimum Gasteiger partial charge on any atom is -0.461 e. The first kappa shape index (κ1) is 15.0. The monoisotopic (exact) mass is 289 g/mol. The summed E-state index contributed by atoms with van der Waals surface area (Å²) >= 11 is 0. The van der Waals surface area contributed by atoms with Crippen LogP contribution in [-0.2, 0) is 17.7 Å². The summed E-state index contributed by atoms with van der Waals surface area (Å²) in [6, 6.07) is 0. The molecule has 2 N–H and O–H groups in total. The van der Waals surface area contributed by atoms with E-state index in [1.807, 2.05) is 13.8 Å². The molecule has 0 aliphatic heterocycles. The van der Waals surface area contributed by atoms with Gasteiger partial charge < -0.3 is 15.0 Å². The molecule has 0 radical (unpaired) electrons. The minimum absolute atomic E-state index is 0.161. The average Bonchev–Trinajstić information content (AvgIpc) is 2.78. The van der Waals surface area contributed by atoms with Crippen LogP contribution in [0.4, 0.5) is 5.82 Å². The fraction of sp³-hybridized carbons (Fsp3) is 0.429. The molecule has 2 heterocycles. The Morgan fingerprint density at radius 1 is 1.33 bits per heavy atom. The normalized spacial score (nSPS) is 10.6. The van der Waals surface area contributed by atoms with Crippen molar-refractivity contribution >= 4 is 11.8 Å². The van der Waals surface area contributed by atoms with Gasteiger partial charge in [0.05, 0.1) is 30.7 Å². The number of nitrogens with two attached hydrogens (primary N) is 1. The van der Waals surface area contributed by atoms with Crippen LogP contribution in [0.15, 0.2) is 12.4 Å². The van der Waals surface area contributed by atoms with Crippen LogP contribution in [0.25, 0.3) is 0 Å². The van der Waals surface area contributed by atoms with E-state index < -0.39 is 5.97 Å². The Morgan fingerprint density at radius 2 is 2.10 bits per heavy atom. The molecule has 0 amide bonds. The van der Waals surface area contributed by atoms with Crippen molar-refractivity contribution in [3.8, 4) is 0 Å². The highest BCUT2D eigenvalue weighted by atomic mass is 16.5. The van der Waals surface area contributed by atoms with E-state index in [2.05, 4.69) is 15.0 Å². The van der Waals surface area contributed by atoms with E-state index in [9.17, 15) is 4.79 Å². The molecule has 112 valence electrons. The van der Waals surface area contributed by atoms with E-state index in [4.69, 9.17) is 10.5 Å². The van der Waals surface area contributed by atoms with Crippen molar-refractivity contribution in [2.75, 3.05) is 12.3 Å². The van der Waals surface area contributed by atoms with Gasteiger partial charge in [-0.3, -0.25) is 9.97 Å². The van der Waals surface area contributed by atoms with Gasteiger partial charge in [-0.2, -0.15) is 0 Å². The van der Waals surface area contributed by atoms with Crippen LogP contribution < -0.4 is 5.73 Å². The van der Waals surface area contributed by atoms with E-state index in [1.165, 1.54) is 0 Å². The number of esters is 1. The van der Waals surface area contributed by atoms with Gasteiger partial charge in [0.1, 0.15) is 11.6 Å². The maximum Gasteiger partial charge on any atom is 0.360 e. The van der Waals surface area contributed by atoms with E-state index in [-0.39, 0.29) is 12.3 Å². The number of hydrogen-bond acceptors (Lipinski definition) is 6. The number of nitrogen functional groups attached to an aromatic ring is 1. The Bertz CT molecular complexity index is 634. The fourth-order valence-corrected chi connectivity index (χ4v) is 1.97. The number of hydrogen-bond donors (Lipinski definition) is 1. The van der Waals surface area contributed by atoms with Crippen molar-refractivity contribution in [2.24, 2.45) is 0 Å². The average molecular weight is 289 g/mol.